The highest BCUT2D eigenvalue weighted by Crippen LogP contribution is 2.27. The number of benzene rings is 1. The standard InChI is InChI=1S/C26H30N4O10/c1-26(2,3)38-25(37)28-13-11-27(12-14-28)22(24(36)40-30-20(33)9-10-21(30)34)16-5-4-6-17(15-16)23(35)39-29-18(31)7-8-19(29)32/h4-6,15,22H,7-14H2,1-3H3. The lowest BCUT2D eigenvalue weighted by Gasteiger charge is -2.38. The quantitative estimate of drug-likeness (QED) is 0.460. The Hall–Kier alpha value is -4.33. The molecular weight excluding hydrogens is 528 g/mol. The molecule has 0 spiro atoms. The third-order valence-electron chi connectivity index (χ3n) is 6.36. The van der Waals surface area contributed by atoms with Crippen LogP contribution in [0.5, 0.6) is 0 Å². The molecule has 1 aromatic rings. The monoisotopic (exact) mass is 558 g/mol. The van der Waals surface area contributed by atoms with Crippen molar-refractivity contribution in [2.45, 2.75) is 58.1 Å². The number of carbonyl (C=O) groups excluding carboxylic acids is 7. The first kappa shape index (κ1) is 28.7. The zero-order valence-electron chi connectivity index (χ0n) is 22.4. The summed E-state index contributed by atoms with van der Waals surface area (Å²) in [6.07, 6.45) is -0.802. The minimum absolute atomic E-state index is 0.0523. The van der Waals surface area contributed by atoms with Crippen LogP contribution in [0.4, 0.5) is 4.79 Å². The number of hydrogen-bond donors (Lipinski definition) is 0. The van der Waals surface area contributed by atoms with E-state index in [4.69, 9.17) is 14.4 Å². The summed E-state index contributed by atoms with van der Waals surface area (Å²) in [6.45, 7) is 6.08. The van der Waals surface area contributed by atoms with Crippen LogP contribution in [0.2, 0.25) is 0 Å². The molecule has 3 heterocycles. The predicted octanol–water partition coefficient (Wildman–Crippen LogP) is 1.11. The van der Waals surface area contributed by atoms with Gasteiger partial charge in [-0.1, -0.05) is 12.1 Å². The van der Waals surface area contributed by atoms with E-state index in [1.807, 2.05) is 0 Å². The summed E-state index contributed by atoms with van der Waals surface area (Å²) in [5.74, 6) is -4.51. The van der Waals surface area contributed by atoms with Crippen molar-refractivity contribution < 1.29 is 48.0 Å². The molecule has 0 N–H and O–H groups in total. The molecule has 3 aliphatic heterocycles. The Labute approximate surface area is 229 Å². The molecule has 0 aliphatic carbocycles. The summed E-state index contributed by atoms with van der Waals surface area (Å²) < 4.78 is 5.42. The fourth-order valence-corrected chi connectivity index (χ4v) is 4.41. The Morgan fingerprint density at radius 2 is 1.30 bits per heavy atom. The van der Waals surface area contributed by atoms with Gasteiger partial charge in [-0.15, -0.1) is 10.1 Å². The Morgan fingerprint density at radius 3 is 1.82 bits per heavy atom. The molecule has 0 saturated carbocycles. The van der Waals surface area contributed by atoms with Crippen LogP contribution in [0, 0.1) is 0 Å². The van der Waals surface area contributed by atoms with E-state index in [2.05, 4.69) is 0 Å². The normalized spacial score (nSPS) is 19.2. The maximum Gasteiger partial charge on any atom is 0.410 e. The fourth-order valence-electron chi connectivity index (χ4n) is 4.41. The summed E-state index contributed by atoms with van der Waals surface area (Å²) >= 11 is 0. The minimum Gasteiger partial charge on any atom is -0.444 e. The van der Waals surface area contributed by atoms with Crippen molar-refractivity contribution >= 4 is 41.7 Å². The van der Waals surface area contributed by atoms with E-state index in [1.165, 1.54) is 23.1 Å². The molecule has 1 atom stereocenters. The fraction of sp³-hybridized carbons (Fsp3) is 0.500. The SMILES string of the molecule is CC(C)(C)OC(=O)N1CCN(C(C(=O)ON2C(=O)CCC2=O)c2cccc(C(=O)ON3C(=O)CCC3=O)c2)CC1. The van der Waals surface area contributed by atoms with Gasteiger partial charge >= 0.3 is 18.0 Å². The zero-order valence-corrected chi connectivity index (χ0v) is 22.4. The molecule has 4 rings (SSSR count). The summed E-state index contributed by atoms with van der Waals surface area (Å²) in [5, 5.41) is 0.857. The first-order valence-corrected chi connectivity index (χ1v) is 12.8. The number of rotatable bonds is 6. The molecule has 3 aliphatic rings. The Kier molecular flexibility index (Phi) is 8.18. The smallest absolute Gasteiger partial charge is 0.410 e. The van der Waals surface area contributed by atoms with E-state index in [-0.39, 0.29) is 63.0 Å². The van der Waals surface area contributed by atoms with Crippen molar-refractivity contribution in [3.05, 3.63) is 35.4 Å². The number of ether oxygens (including phenoxy) is 1. The van der Waals surface area contributed by atoms with Gasteiger partial charge in [0, 0.05) is 51.9 Å². The summed E-state index contributed by atoms with van der Waals surface area (Å²) in [6, 6.07) is 4.57. The van der Waals surface area contributed by atoms with E-state index in [0.717, 1.165) is 0 Å². The van der Waals surface area contributed by atoms with Gasteiger partial charge in [-0.25, -0.2) is 14.4 Å². The van der Waals surface area contributed by atoms with Crippen molar-refractivity contribution in [3.8, 4) is 0 Å². The summed E-state index contributed by atoms with van der Waals surface area (Å²) in [5.41, 5.74) is -0.471. The third kappa shape index (κ3) is 6.45. The summed E-state index contributed by atoms with van der Waals surface area (Å²) in [4.78, 5) is 99.9. The molecule has 40 heavy (non-hydrogen) atoms. The van der Waals surface area contributed by atoms with Crippen LogP contribution in [0.3, 0.4) is 0 Å². The van der Waals surface area contributed by atoms with Crippen LogP contribution in [0.1, 0.15) is 68.4 Å². The van der Waals surface area contributed by atoms with Gasteiger partial charge in [0.1, 0.15) is 11.6 Å². The first-order valence-electron chi connectivity index (χ1n) is 12.8. The van der Waals surface area contributed by atoms with Gasteiger partial charge in [0.25, 0.3) is 23.6 Å². The molecule has 3 fully saturated rings. The van der Waals surface area contributed by atoms with Gasteiger partial charge < -0.3 is 19.3 Å². The van der Waals surface area contributed by atoms with Gasteiger partial charge in [-0.2, -0.15) is 0 Å². The molecule has 0 aromatic heterocycles. The highest BCUT2D eigenvalue weighted by Gasteiger charge is 2.39. The van der Waals surface area contributed by atoms with Crippen molar-refractivity contribution in [2.75, 3.05) is 26.2 Å². The second-order valence-corrected chi connectivity index (χ2v) is 10.5. The van der Waals surface area contributed by atoms with Crippen LogP contribution in [-0.2, 0) is 38.4 Å². The second kappa shape index (κ2) is 11.4. The Morgan fingerprint density at radius 1 is 0.775 bits per heavy atom. The third-order valence-corrected chi connectivity index (χ3v) is 6.36. The van der Waals surface area contributed by atoms with E-state index in [1.54, 1.807) is 31.7 Å². The van der Waals surface area contributed by atoms with E-state index in [0.29, 0.717) is 10.1 Å². The number of nitrogens with zero attached hydrogens (tertiary/aromatic N) is 4. The lowest BCUT2D eigenvalue weighted by Crippen LogP contribution is -2.52. The number of piperazine rings is 1. The second-order valence-electron chi connectivity index (χ2n) is 10.5. The van der Waals surface area contributed by atoms with Gasteiger partial charge in [0.05, 0.1) is 5.56 Å². The molecule has 1 unspecified atom stereocenters. The predicted molar refractivity (Wildman–Crippen MR) is 132 cm³/mol. The van der Waals surface area contributed by atoms with E-state index in [9.17, 15) is 33.6 Å². The van der Waals surface area contributed by atoms with E-state index < -0.39 is 53.3 Å². The highest BCUT2D eigenvalue weighted by molar-refractivity contribution is 6.03. The average Bonchev–Trinajstić information content (AvgIpc) is 3.38. The number of hydroxylamine groups is 4. The van der Waals surface area contributed by atoms with Crippen LogP contribution >= 0.6 is 0 Å². The van der Waals surface area contributed by atoms with Crippen molar-refractivity contribution in [3.63, 3.8) is 0 Å². The molecule has 5 amide bonds. The topological polar surface area (TPSA) is 160 Å². The average molecular weight is 559 g/mol. The van der Waals surface area contributed by atoms with Crippen LogP contribution in [0.25, 0.3) is 0 Å². The van der Waals surface area contributed by atoms with Crippen molar-refractivity contribution in [1.82, 2.24) is 19.9 Å². The lowest BCUT2D eigenvalue weighted by molar-refractivity contribution is -0.202. The molecule has 1 aromatic carbocycles. The van der Waals surface area contributed by atoms with Gasteiger partial charge in [0.2, 0.25) is 0 Å². The first-order chi connectivity index (χ1) is 18.8. The van der Waals surface area contributed by atoms with Crippen molar-refractivity contribution in [2.24, 2.45) is 0 Å². The van der Waals surface area contributed by atoms with Crippen LogP contribution in [0.15, 0.2) is 24.3 Å². The Balaban J connectivity index is 1.55. The van der Waals surface area contributed by atoms with Crippen molar-refractivity contribution in [1.29, 1.82) is 0 Å². The van der Waals surface area contributed by atoms with Crippen LogP contribution < -0.4 is 0 Å². The van der Waals surface area contributed by atoms with Gasteiger partial charge in [-0.3, -0.25) is 24.1 Å². The van der Waals surface area contributed by atoms with Gasteiger partial charge in [0.15, 0.2) is 0 Å². The molecule has 0 radical (unpaired) electrons. The molecule has 0 bridgehead atoms. The summed E-state index contributed by atoms with van der Waals surface area (Å²) in [7, 11) is 0. The van der Waals surface area contributed by atoms with Crippen LogP contribution in [-0.4, -0.2) is 93.4 Å². The number of hydrogen-bond acceptors (Lipinski definition) is 11. The van der Waals surface area contributed by atoms with E-state index >= 15 is 0 Å². The molecule has 3 saturated heterocycles. The minimum atomic E-state index is -1.18. The zero-order chi connectivity index (χ0) is 29.2. The Bertz CT molecular complexity index is 1220. The number of amides is 5. The molecule has 214 valence electrons. The number of carbonyl (C=O) groups is 7. The molecule has 14 heteroatoms. The maximum absolute atomic E-state index is 13.4. The highest BCUT2D eigenvalue weighted by atomic mass is 16.7. The van der Waals surface area contributed by atoms with Gasteiger partial charge in [-0.05, 0) is 38.5 Å². The molecule has 14 nitrogen and oxygen atoms in total. The molecular formula is C26H30N4O10. The maximum atomic E-state index is 13.4. The largest absolute Gasteiger partial charge is 0.444 e. The lowest BCUT2D eigenvalue weighted by atomic mass is 10.0. The number of imide groups is 2.